The fourth-order valence-electron chi connectivity index (χ4n) is 1.81. The lowest BCUT2D eigenvalue weighted by molar-refractivity contribution is 1.29. The largest absolute Gasteiger partial charge is 0.252 e. The molecule has 0 aliphatic heterocycles. The van der Waals surface area contributed by atoms with Gasteiger partial charge in [-0.05, 0) is 36.8 Å². The zero-order valence-corrected chi connectivity index (χ0v) is 13.2. The Bertz CT molecular complexity index is 729. The molecular weight excluding hydrogens is 334 g/mol. The van der Waals surface area contributed by atoms with Gasteiger partial charge in [0.05, 0.1) is 15.9 Å². The first kappa shape index (κ1) is 13.3. The van der Waals surface area contributed by atoms with E-state index in [-0.39, 0.29) is 0 Å². The highest BCUT2D eigenvalue weighted by atomic mass is 79.9. The number of nitrogens with zero attached hydrogens (tertiary/aromatic N) is 2. The van der Waals surface area contributed by atoms with Crippen LogP contribution in [0.3, 0.4) is 0 Å². The maximum Gasteiger partial charge on any atom is 0.204 e. The fourth-order valence-corrected chi connectivity index (χ4v) is 2.88. The van der Waals surface area contributed by atoms with Crippen LogP contribution in [0, 0.1) is 0 Å². The molecule has 3 nitrogen and oxygen atoms in total. The standard InChI is InChI=1S/C15H12BrN3S/c1-10(11-6-8-12(16)9-7-11)18-19-15-17-13-4-2-3-5-14(13)20-15/h2-9H,1H3,(H,17,19)/b18-10-. The van der Waals surface area contributed by atoms with Crippen LogP contribution in [0.25, 0.3) is 10.2 Å². The van der Waals surface area contributed by atoms with Gasteiger partial charge in [-0.1, -0.05) is 51.5 Å². The average molecular weight is 346 g/mol. The third kappa shape index (κ3) is 2.89. The van der Waals surface area contributed by atoms with Crippen molar-refractivity contribution in [1.82, 2.24) is 4.98 Å². The molecule has 0 aliphatic carbocycles. The van der Waals surface area contributed by atoms with Gasteiger partial charge in [0.25, 0.3) is 0 Å². The molecule has 0 atom stereocenters. The van der Waals surface area contributed by atoms with Gasteiger partial charge < -0.3 is 0 Å². The molecule has 1 aromatic heterocycles. The number of halogens is 1. The third-order valence-electron chi connectivity index (χ3n) is 2.88. The monoisotopic (exact) mass is 345 g/mol. The molecule has 100 valence electrons. The van der Waals surface area contributed by atoms with Crippen molar-refractivity contribution in [1.29, 1.82) is 0 Å². The van der Waals surface area contributed by atoms with Crippen LogP contribution in [-0.4, -0.2) is 10.7 Å². The number of rotatable bonds is 3. The Morgan fingerprint density at radius 3 is 2.65 bits per heavy atom. The smallest absolute Gasteiger partial charge is 0.204 e. The van der Waals surface area contributed by atoms with Crippen LogP contribution in [0.2, 0.25) is 0 Å². The Morgan fingerprint density at radius 2 is 1.90 bits per heavy atom. The van der Waals surface area contributed by atoms with Crippen LogP contribution >= 0.6 is 27.3 Å². The van der Waals surface area contributed by atoms with Gasteiger partial charge in [0.1, 0.15) is 0 Å². The molecule has 1 N–H and O–H groups in total. The minimum atomic E-state index is 0.808. The molecule has 0 bridgehead atoms. The first-order valence-corrected chi connectivity index (χ1v) is 7.75. The van der Waals surface area contributed by atoms with Crippen LogP contribution < -0.4 is 5.43 Å². The average Bonchev–Trinajstić information content (AvgIpc) is 2.88. The quantitative estimate of drug-likeness (QED) is 0.541. The molecule has 0 amide bonds. The number of thiazole rings is 1. The molecule has 0 unspecified atom stereocenters. The Labute approximate surface area is 129 Å². The molecule has 0 spiro atoms. The van der Waals surface area contributed by atoms with Gasteiger partial charge in [-0.25, -0.2) is 4.98 Å². The highest BCUT2D eigenvalue weighted by molar-refractivity contribution is 9.10. The second kappa shape index (κ2) is 5.73. The Balaban J connectivity index is 1.80. The van der Waals surface area contributed by atoms with Crippen LogP contribution in [-0.2, 0) is 0 Å². The van der Waals surface area contributed by atoms with Crippen molar-refractivity contribution in [2.45, 2.75) is 6.92 Å². The number of aromatic nitrogens is 1. The molecular formula is C15H12BrN3S. The summed E-state index contributed by atoms with van der Waals surface area (Å²) in [5.41, 5.74) is 6.04. The molecule has 0 saturated heterocycles. The number of benzene rings is 2. The van der Waals surface area contributed by atoms with E-state index < -0.39 is 0 Å². The molecule has 3 aromatic rings. The molecule has 5 heteroatoms. The van der Waals surface area contributed by atoms with E-state index in [1.807, 2.05) is 49.4 Å². The van der Waals surface area contributed by atoms with Crippen molar-refractivity contribution in [2.24, 2.45) is 5.10 Å². The second-order valence-corrected chi connectivity index (χ2v) is 6.25. The Kier molecular flexibility index (Phi) is 3.80. The Hall–Kier alpha value is -1.72. The topological polar surface area (TPSA) is 37.3 Å². The molecule has 0 fully saturated rings. The number of nitrogens with one attached hydrogen (secondary N) is 1. The van der Waals surface area contributed by atoms with Crippen LogP contribution in [0.5, 0.6) is 0 Å². The van der Waals surface area contributed by atoms with Crippen molar-refractivity contribution in [3.8, 4) is 0 Å². The summed E-state index contributed by atoms with van der Waals surface area (Å²) in [5.74, 6) is 0. The van der Waals surface area contributed by atoms with Gasteiger partial charge in [0.2, 0.25) is 5.13 Å². The van der Waals surface area contributed by atoms with E-state index in [4.69, 9.17) is 0 Å². The van der Waals surface area contributed by atoms with Crippen LogP contribution in [0.1, 0.15) is 12.5 Å². The summed E-state index contributed by atoms with van der Waals surface area (Å²) in [6.45, 7) is 1.98. The summed E-state index contributed by atoms with van der Waals surface area (Å²) in [5, 5.41) is 5.20. The zero-order valence-electron chi connectivity index (χ0n) is 10.8. The van der Waals surface area contributed by atoms with Gasteiger partial charge in [-0.15, -0.1) is 0 Å². The van der Waals surface area contributed by atoms with E-state index in [1.165, 1.54) is 0 Å². The molecule has 0 aliphatic rings. The highest BCUT2D eigenvalue weighted by Gasteiger charge is 2.02. The summed E-state index contributed by atoms with van der Waals surface area (Å²) < 4.78 is 2.22. The van der Waals surface area contributed by atoms with Gasteiger partial charge in [-0.3, -0.25) is 5.43 Å². The van der Waals surface area contributed by atoms with Crippen molar-refractivity contribution in [3.05, 3.63) is 58.6 Å². The summed E-state index contributed by atoms with van der Waals surface area (Å²) in [7, 11) is 0. The van der Waals surface area contributed by atoms with Gasteiger partial charge in [-0.2, -0.15) is 5.10 Å². The lowest BCUT2D eigenvalue weighted by Gasteiger charge is -2.01. The molecule has 0 saturated carbocycles. The summed E-state index contributed by atoms with van der Waals surface area (Å²) in [6.07, 6.45) is 0. The first-order valence-electron chi connectivity index (χ1n) is 6.14. The first-order chi connectivity index (χ1) is 9.72. The molecule has 20 heavy (non-hydrogen) atoms. The zero-order chi connectivity index (χ0) is 13.9. The number of hydrazone groups is 1. The van der Waals surface area contributed by atoms with Crippen molar-refractivity contribution in [3.63, 3.8) is 0 Å². The van der Waals surface area contributed by atoms with E-state index in [1.54, 1.807) is 11.3 Å². The van der Waals surface area contributed by atoms with E-state index in [9.17, 15) is 0 Å². The highest BCUT2D eigenvalue weighted by Crippen LogP contribution is 2.25. The van der Waals surface area contributed by atoms with Crippen molar-refractivity contribution < 1.29 is 0 Å². The van der Waals surface area contributed by atoms with E-state index in [2.05, 4.69) is 37.5 Å². The van der Waals surface area contributed by atoms with Crippen molar-refractivity contribution >= 4 is 48.3 Å². The van der Waals surface area contributed by atoms with E-state index in [0.29, 0.717) is 0 Å². The minimum absolute atomic E-state index is 0.808. The van der Waals surface area contributed by atoms with Gasteiger partial charge in [0, 0.05) is 4.47 Å². The molecule has 2 aromatic carbocycles. The SMILES string of the molecule is C/C(=N/Nc1nc2ccccc2s1)c1ccc(Br)cc1. The summed E-state index contributed by atoms with van der Waals surface area (Å²) in [6, 6.07) is 16.1. The predicted molar refractivity (Wildman–Crippen MR) is 89.6 cm³/mol. The van der Waals surface area contributed by atoms with Crippen LogP contribution in [0.4, 0.5) is 5.13 Å². The lowest BCUT2D eigenvalue weighted by Crippen LogP contribution is -1.99. The number of para-hydroxylation sites is 1. The summed E-state index contributed by atoms with van der Waals surface area (Å²) >= 11 is 5.03. The number of hydrogen-bond acceptors (Lipinski definition) is 4. The van der Waals surface area contributed by atoms with Crippen molar-refractivity contribution in [2.75, 3.05) is 5.43 Å². The fraction of sp³-hybridized carbons (Fsp3) is 0.0667. The normalized spacial score (nSPS) is 11.8. The van der Waals surface area contributed by atoms with Crippen LogP contribution in [0.15, 0.2) is 58.1 Å². The number of fused-ring (bicyclic) bond motifs is 1. The molecule has 0 radical (unpaired) electrons. The van der Waals surface area contributed by atoms with E-state index in [0.717, 1.165) is 31.1 Å². The second-order valence-electron chi connectivity index (χ2n) is 4.30. The number of anilines is 1. The minimum Gasteiger partial charge on any atom is -0.252 e. The van der Waals surface area contributed by atoms with Gasteiger partial charge in [0.15, 0.2) is 0 Å². The number of hydrogen-bond donors (Lipinski definition) is 1. The maximum absolute atomic E-state index is 4.49. The maximum atomic E-state index is 4.49. The van der Waals surface area contributed by atoms with Gasteiger partial charge >= 0.3 is 0 Å². The molecule has 3 rings (SSSR count). The predicted octanol–water partition coefficient (Wildman–Crippen LogP) is 4.89. The van der Waals surface area contributed by atoms with E-state index >= 15 is 0 Å². The summed E-state index contributed by atoms with van der Waals surface area (Å²) in [4.78, 5) is 4.49. The molecule has 1 heterocycles. The Morgan fingerprint density at radius 1 is 1.15 bits per heavy atom. The third-order valence-corrected chi connectivity index (χ3v) is 4.34. The lowest BCUT2D eigenvalue weighted by atomic mass is 10.1.